The van der Waals surface area contributed by atoms with Gasteiger partial charge in [-0.2, -0.15) is 0 Å². The minimum absolute atomic E-state index is 0.0970. The van der Waals surface area contributed by atoms with Crippen LogP contribution in [0.25, 0.3) is 0 Å². The van der Waals surface area contributed by atoms with E-state index in [2.05, 4.69) is 19.2 Å². The first kappa shape index (κ1) is 24.2. The molecule has 0 bridgehead atoms. The minimum atomic E-state index is -0.880. The highest BCUT2D eigenvalue weighted by molar-refractivity contribution is 5.99. The Hall–Kier alpha value is -1.88. The van der Waals surface area contributed by atoms with Crippen LogP contribution in [0.2, 0.25) is 0 Å². The molecule has 0 aliphatic rings. The van der Waals surface area contributed by atoms with Gasteiger partial charge in [0.2, 0.25) is 5.91 Å². The summed E-state index contributed by atoms with van der Waals surface area (Å²) in [5.41, 5.74) is 2.74. The molecule has 0 radical (unpaired) electrons. The number of unbranched alkanes of at least 4 members (excludes halogenated alkanes) is 5. The van der Waals surface area contributed by atoms with Crippen molar-refractivity contribution in [1.82, 2.24) is 10.8 Å². The maximum absolute atomic E-state index is 12.8. The van der Waals surface area contributed by atoms with E-state index in [-0.39, 0.29) is 11.9 Å². The molecule has 3 N–H and O–H groups in total. The number of hydroxylamine groups is 1. The van der Waals surface area contributed by atoms with E-state index in [4.69, 9.17) is 5.21 Å². The zero-order chi connectivity index (χ0) is 20.6. The topological polar surface area (TPSA) is 78.4 Å². The van der Waals surface area contributed by atoms with Gasteiger partial charge in [-0.25, -0.2) is 5.48 Å². The Kier molecular flexibility index (Phi) is 13.0. The van der Waals surface area contributed by atoms with Crippen molar-refractivity contribution in [2.24, 2.45) is 5.92 Å². The number of hydrogen-bond acceptors (Lipinski definition) is 3. The van der Waals surface area contributed by atoms with Gasteiger partial charge in [0.15, 0.2) is 0 Å². The van der Waals surface area contributed by atoms with E-state index in [0.29, 0.717) is 12.8 Å². The van der Waals surface area contributed by atoms with Crippen LogP contribution >= 0.6 is 0 Å². The van der Waals surface area contributed by atoms with Gasteiger partial charge in [-0.15, -0.1) is 0 Å². The monoisotopic (exact) mass is 390 g/mol. The highest BCUT2D eigenvalue weighted by Crippen LogP contribution is 2.15. The normalized spacial score (nSPS) is 13.0. The van der Waals surface area contributed by atoms with Crippen LogP contribution < -0.4 is 10.8 Å². The number of amides is 2. The van der Waals surface area contributed by atoms with Gasteiger partial charge in [0.05, 0.1) is 0 Å². The lowest BCUT2D eigenvalue weighted by Gasteiger charge is -2.22. The summed E-state index contributed by atoms with van der Waals surface area (Å²) in [6.07, 6.45) is 11.0. The van der Waals surface area contributed by atoms with Gasteiger partial charge >= 0.3 is 0 Å². The number of benzene rings is 1. The van der Waals surface area contributed by atoms with Gasteiger partial charge in [0, 0.05) is 6.04 Å². The molecule has 0 spiro atoms. The summed E-state index contributed by atoms with van der Waals surface area (Å²) in [5.74, 6) is -1.79. The van der Waals surface area contributed by atoms with Gasteiger partial charge in [-0.3, -0.25) is 14.8 Å². The summed E-state index contributed by atoms with van der Waals surface area (Å²) in [6, 6.07) is 9.87. The summed E-state index contributed by atoms with van der Waals surface area (Å²) in [5, 5.41) is 12.2. The molecule has 5 heteroatoms. The van der Waals surface area contributed by atoms with Gasteiger partial charge in [-0.1, -0.05) is 89.1 Å². The second-order valence-corrected chi connectivity index (χ2v) is 7.60. The molecule has 1 rings (SSSR count). The maximum Gasteiger partial charge on any atom is 0.255 e. The van der Waals surface area contributed by atoms with E-state index in [0.717, 1.165) is 37.7 Å². The fourth-order valence-corrected chi connectivity index (χ4v) is 3.45. The predicted molar refractivity (Wildman–Crippen MR) is 113 cm³/mol. The quantitative estimate of drug-likeness (QED) is 0.175. The molecule has 2 amide bonds. The number of aryl methyl sites for hydroxylation is 1. The summed E-state index contributed by atoms with van der Waals surface area (Å²) < 4.78 is 0. The van der Waals surface area contributed by atoms with E-state index < -0.39 is 11.8 Å². The molecule has 158 valence electrons. The van der Waals surface area contributed by atoms with Crippen molar-refractivity contribution in [3.63, 3.8) is 0 Å². The minimum Gasteiger partial charge on any atom is -0.353 e. The van der Waals surface area contributed by atoms with E-state index in [1.807, 2.05) is 30.3 Å². The summed E-state index contributed by atoms with van der Waals surface area (Å²) in [4.78, 5) is 24.9. The standard InChI is InChI=1S/C23H38N2O3/c1-3-5-7-8-12-16-20(15-6-4-2)24-22(26)21(23(27)25-28)18-17-19-13-10-9-11-14-19/h9-11,13-14,20-21,28H,3-8,12,15-18H2,1-2H3,(H,24,26)(H,25,27). The Morgan fingerprint density at radius 2 is 1.50 bits per heavy atom. The molecule has 2 unspecified atom stereocenters. The zero-order valence-corrected chi connectivity index (χ0v) is 17.6. The van der Waals surface area contributed by atoms with Crippen LogP contribution in [0.5, 0.6) is 0 Å². The number of carbonyl (C=O) groups is 2. The number of nitrogens with one attached hydrogen (secondary N) is 2. The number of carbonyl (C=O) groups excluding carboxylic acids is 2. The third-order valence-corrected chi connectivity index (χ3v) is 5.22. The van der Waals surface area contributed by atoms with Crippen LogP contribution in [-0.2, 0) is 16.0 Å². The molecule has 2 atom stereocenters. The van der Waals surface area contributed by atoms with Crippen molar-refractivity contribution < 1.29 is 14.8 Å². The SMILES string of the molecule is CCCCCCCC(CCCC)NC(=O)C(CCc1ccccc1)C(=O)NO. The van der Waals surface area contributed by atoms with Gasteiger partial charge in [0.1, 0.15) is 5.92 Å². The molecule has 28 heavy (non-hydrogen) atoms. The van der Waals surface area contributed by atoms with Crippen LogP contribution in [0.3, 0.4) is 0 Å². The van der Waals surface area contributed by atoms with Crippen LogP contribution in [0.4, 0.5) is 0 Å². The van der Waals surface area contributed by atoms with Gasteiger partial charge < -0.3 is 5.32 Å². The second kappa shape index (κ2) is 15.1. The molecule has 0 heterocycles. The van der Waals surface area contributed by atoms with Crippen molar-refractivity contribution in [1.29, 1.82) is 0 Å². The Labute approximate surface area is 170 Å². The highest BCUT2D eigenvalue weighted by Gasteiger charge is 2.27. The van der Waals surface area contributed by atoms with Crippen molar-refractivity contribution in [3.8, 4) is 0 Å². The molecular formula is C23H38N2O3. The molecule has 0 fully saturated rings. The van der Waals surface area contributed by atoms with E-state index >= 15 is 0 Å². The van der Waals surface area contributed by atoms with E-state index in [1.54, 1.807) is 5.48 Å². The molecule has 5 nitrogen and oxygen atoms in total. The van der Waals surface area contributed by atoms with Gasteiger partial charge in [0.25, 0.3) is 5.91 Å². The van der Waals surface area contributed by atoms with Gasteiger partial charge in [-0.05, 0) is 31.2 Å². The van der Waals surface area contributed by atoms with Crippen LogP contribution in [0.15, 0.2) is 30.3 Å². The second-order valence-electron chi connectivity index (χ2n) is 7.60. The number of hydrogen-bond donors (Lipinski definition) is 3. The Bertz CT molecular complexity index is 548. The number of rotatable bonds is 15. The lowest BCUT2D eigenvalue weighted by Crippen LogP contribution is -2.44. The third kappa shape index (κ3) is 9.88. The molecule has 1 aromatic carbocycles. The molecule has 0 saturated heterocycles. The van der Waals surface area contributed by atoms with E-state index in [9.17, 15) is 9.59 Å². The molecule has 0 saturated carbocycles. The highest BCUT2D eigenvalue weighted by atomic mass is 16.5. The lowest BCUT2D eigenvalue weighted by molar-refractivity contribution is -0.141. The summed E-state index contributed by atoms with van der Waals surface area (Å²) >= 11 is 0. The van der Waals surface area contributed by atoms with Crippen molar-refractivity contribution in [3.05, 3.63) is 35.9 Å². The predicted octanol–water partition coefficient (Wildman–Crippen LogP) is 4.78. The lowest BCUT2D eigenvalue weighted by atomic mass is 9.96. The molecule has 0 aliphatic carbocycles. The Morgan fingerprint density at radius 3 is 2.14 bits per heavy atom. The van der Waals surface area contributed by atoms with Crippen molar-refractivity contribution in [2.45, 2.75) is 90.5 Å². The fourth-order valence-electron chi connectivity index (χ4n) is 3.45. The first-order valence-corrected chi connectivity index (χ1v) is 10.9. The maximum atomic E-state index is 12.8. The van der Waals surface area contributed by atoms with Crippen molar-refractivity contribution in [2.75, 3.05) is 0 Å². The van der Waals surface area contributed by atoms with E-state index in [1.165, 1.54) is 25.7 Å². The molecule has 0 aromatic heterocycles. The van der Waals surface area contributed by atoms with Crippen LogP contribution in [0.1, 0.15) is 83.6 Å². The van der Waals surface area contributed by atoms with Crippen molar-refractivity contribution >= 4 is 11.8 Å². The first-order chi connectivity index (χ1) is 13.6. The van der Waals surface area contributed by atoms with Crippen LogP contribution in [-0.4, -0.2) is 23.1 Å². The average Bonchev–Trinajstić information content (AvgIpc) is 2.72. The Morgan fingerprint density at radius 1 is 0.857 bits per heavy atom. The molecular weight excluding hydrogens is 352 g/mol. The molecule has 0 aliphatic heterocycles. The Balaban J connectivity index is 2.62. The summed E-state index contributed by atoms with van der Waals surface area (Å²) in [7, 11) is 0. The average molecular weight is 391 g/mol. The van der Waals surface area contributed by atoms with Crippen LogP contribution in [0, 0.1) is 5.92 Å². The summed E-state index contributed by atoms with van der Waals surface area (Å²) in [6.45, 7) is 4.34. The molecule has 1 aromatic rings. The first-order valence-electron chi connectivity index (χ1n) is 10.9. The largest absolute Gasteiger partial charge is 0.353 e. The fraction of sp³-hybridized carbons (Fsp3) is 0.652. The third-order valence-electron chi connectivity index (χ3n) is 5.22. The zero-order valence-electron chi connectivity index (χ0n) is 17.6. The smallest absolute Gasteiger partial charge is 0.255 e.